The van der Waals surface area contributed by atoms with Crippen molar-refractivity contribution >= 4 is 11.0 Å². The van der Waals surface area contributed by atoms with Gasteiger partial charge in [0.15, 0.2) is 5.58 Å². The van der Waals surface area contributed by atoms with E-state index in [1.807, 2.05) is 6.92 Å². The van der Waals surface area contributed by atoms with Crippen LogP contribution in [-0.4, -0.2) is 55.3 Å². The molecule has 0 unspecified atom stereocenters. The zero-order valence-electron chi connectivity index (χ0n) is 20.7. The number of hydrogen-bond acceptors (Lipinski definition) is 5. The molecule has 3 aliphatic rings. The summed E-state index contributed by atoms with van der Waals surface area (Å²) in [6.45, 7) is 7.20. The van der Waals surface area contributed by atoms with Crippen LogP contribution in [0.5, 0.6) is 5.75 Å². The maximum Gasteiger partial charge on any atom is 0.175 e. The third kappa shape index (κ3) is 5.55. The van der Waals surface area contributed by atoms with Crippen molar-refractivity contribution in [3.8, 4) is 17.6 Å². The second-order valence-electron chi connectivity index (χ2n) is 11.0. The van der Waals surface area contributed by atoms with E-state index in [0.29, 0.717) is 5.41 Å². The average Bonchev–Trinajstić information content (AvgIpc) is 3.72. The van der Waals surface area contributed by atoms with E-state index < -0.39 is 0 Å². The van der Waals surface area contributed by atoms with Crippen LogP contribution >= 0.6 is 0 Å². The zero-order chi connectivity index (χ0) is 22.8. The molecule has 3 fully saturated rings. The van der Waals surface area contributed by atoms with Crippen molar-refractivity contribution in [1.29, 1.82) is 0 Å². The van der Waals surface area contributed by atoms with Gasteiger partial charge in [-0.15, -0.1) is 5.92 Å². The number of aromatic nitrogens is 1. The fourth-order valence-corrected chi connectivity index (χ4v) is 5.31. The molecule has 0 N–H and O–H groups in total. The number of ether oxygens (including phenoxy) is 1. The molecule has 1 aliphatic heterocycles. The molecule has 2 heterocycles. The highest BCUT2D eigenvalue weighted by Gasteiger charge is 2.42. The van der Waals surface area contributed by atoms with Crippen LogP contribution in [0.15, 0.2) is 16.7 Å². The number of likely N-dealkylation sites (tertiary alicyclic amines) is 1. The molecule has 0 spiro atoms. The standard InChI is InChI=1S/C28H39N3O2/c1-4-13-28(14-15-28)20-31-16-11-21(12-17-31)7-9-25-23-8-10-26(32-19-22-5-6-22)24(18-30(2)3)27(23)33-29-25/h8,10,21-22H,5-7,9,11-12,14-20H2,1-3H3. The van der Waals surface area contributed by atoms with E-state index in [0.717, 1.165) is 59.4 Å². The van der Waals surface area contributed by atoms with Crippen molar-refractivity contribution in [2.24, 2.45) is 17.3 Å². The molecule has 1 aromatic carbocycles. The van der Waals surface area contributed by atoms with Gasteiger partial charge in [-0.05, 0) is 109 Å². The summed E-state index contributed by atoms with van der Waals surface area (Å²) in [7, 11) is 4.18. The monoisotopic (exact) mass is 449 g/mol. The molecule has 5 heteroatoms. The lowest BCUT2D eigenvalue weighted by atomic mass is 9.90. The van der Waals surface area contributed by atoms with Crippen LogP contribution in [0.25, 0.3) is 11.0 Å². The Balaban J connectivity index is 1.19. The summed E-state index contributed by atoms with van der Waals surface area (Å²) in [5, 5.41) is 5.68. The first-order chi connectivity index (χ1) is 16.0. The highest BCUT2D eigenvalue weighted by atomic mass is 16.5. The number of nitrogens with zero attached hydrogens (tertiary/aromatic N) is 3. The van der Waals surface area contributed by atoms with Crippen LogP contribution in [0.4, 0.5) is 0 Å². The Labute approximate surface area is 198 Å². The Morgan fingerprint density at radius 3 is 2.61 bits per heavy atom. The summed E-state index contributed by atoms with van der Waals surface area (Å²) in [5.74, 6) is 9.09. The predicted molar refractivity (Wildman–Crippen MR) is 132 cm³/mol. The number of piperidine rings is 1. The molecule has 1 aromatic heterocycles. The molecule has 0 atom stereocenters. The van der Waals surface area contributed by atoms with Gasteiger partial charge in [0.1, 0.15) is 5.75 Å². The maximum absolute atomic E-state index is 6.17. The van der Waals surface area contributed by atoms with Gasteiger partial charge in [-0.1, -0.05) is 11.1 Å². The first kappa shape index (κ1) is 22.7. The molecule has 2 saturated carbocycles. The summed E-state index contributed by atoms with van der Waals surface area (Å²) >= 11 is 0. The molecule has 5 nitrogen and oxygen atoms in total. The van der Waals surface area contributed by atoms with Gasteiger partial charge < -0.3 is 19.1 Å². The summed E-state index contributed by atoms with van der Waals surface area (Å²) in [5.41, 5.74) is 3.48. The molecule has 2 aliphatic carbocycles. The minimum absolute atomic E-state index is 0.326. The van der Waals surface area contributed by atoms with Crippen LogP contribution in [0.2, 0.25) is 0 Å². The van der Waals surface area contributed by atoms with E-state index in [1.165, 1.54) is 64.6 Å². The molecule has 2 aromatic rings. The zero-order valence-corrected chi connectivity index (χ0v) is 20.7. The Hall–Kier alpha value is -2.03. The van der Waals surface area contributed by atoms with E-state index in [2.05, 4.69) is 53.0 Å². The Kier molecular flexibility index (Phi) is 6.67. The van der Waals surface area contributed by atoms with Gasteiger partial charge in [0.05, 0.1) is 17.9 Å². The average molecular weight is 450 g/mol. The third-order valence-corrected chi connectivity index (χ3v) is 7.69. The first-order valence-corrected chi connectivity index (χ1v) is 12.9. The van der Waals surface area contributed by atoms with Crippen LogP contribution in [0, 0.1) is 29.1 Å². The lowest BCUT2D eigenvalue weighted by Gasteiger charge is -2.33. The highest BCUT2D eigenvalue weighted by molar-refractivity contribution is 5.84. The van der Waals surface area contributed by atoms with Crippen LogP contribution in [0.1, 0.15) is 63.1 Å². The second kappa shape index (κ2) is 9.68. The minimum Gasteiger partial charge on any atom is -0.493 e. The van der Waals surface area contributed by atoms with Crippen molar-refractivity contribution in [2.75, 3.05) is 40.3 Å². The van der Waals surface area contributed by atoms with Crippen LogP contribution in [-0.2, 0) is 13.0 Å². The number of aryl methyl sites for hydroxylation is 1. The van der Waals surface area contributed by atoms with E-state index in [4.69, 9.17) is 9.26 Å². The van der Waals surface area contributed by atoms with Crippen molar-refractivity contribution in [3.63, 3.8) is 0 Å². The minimum atomic E-state index is 0.326. The topological polar surface area (TPSA) is 41.7 Å². The van der Waals surface area contributed by atoms with E-state index >= 15 is 0 Å². The van der Waals surface area contributed by atoms with Crippen molar-refractivity contribution in [2.45, 2.75) is 64.8 Å². The van der Waals surface area contributed by atoms with Gasteiger partial charge in [0.25, 0.3) is 0 Å². The SMILES string of the molecule is CC#CC1(CN2CCC(CCc3noc4c(CN(C)C)c(OCC5CC5)ccc34)CC2)CC1. The highest BCUT2D eigenvalue weighted by Crippen LogP contribution is 2.46. The van der Waals surface area contributed by atoms with Crippen molar-refractivity contribution in [1.82, 2.24) is 15.0 Å². The summed E-state index contributed by atoms with van der Waals surface area (Å²) in [6, 6.07) is 4.30. The molecular formula is C28H39N3O2. The van der Waals surface area contributed by atoms with Gasteiger partial charge in [0, 0.05) is 23.9 Å². The fourth-order valence-electron chi connectivity index (χ4n) is 5.31. The van der Waals surface area contributed by atoms with Gasteiger partial charge in [-0.25, -0.2) is 0 Å². The van der Waals surface area contributed by atoms with Gasteiger partial charge in [-0.2, -0.15) is 0 Å². The largest absolute Gasteiger partial charge is 0.493 e. The van der Waals surface area contributed by atoms with E-state index in [-0.39, 0.29) is 0 Å². The van der Waals surface area contributed by atoms with Gasteiger partial charge in [0.2, 0.25) is 0 Å². The quantitative estimate of drug-likeness (QED) is 0.471. The first-order valence-electron chi connectivity index (χ1n) is 12.9. The Morgan fingerprint density at radius 1 is 1.15 bits per heavy atom. The normalized spacial score (nSPS) is 20.7. The second-order valence-corrected chi connectivity index (χ2v) is 11.0. The van der Waals surface area contributed by atoms with Crippen molar-refractivity contribution < 1.29 is 9.26 Å². The maximum atomic E-state index is 6.17. The molecule has 178 valence electrons. The predicted octanol–water partition coefficient (Wildman–Crippen LogP) is 5.13. The molecule has 33 heavy (non-hydrogen) atoms. The number of hydrogen-bond donors (Lipinski definition) is 0. The molecule has 0 amide bonds. The van der Waals surface area contributed by atoms with E-state index in [1.54, 1.807) is 0 Å². The molecular weight excluding hydrogens is 410 g/mol. The van der Waals surface area contributed by atoms with Gasteiger partial charge >= 0.3 is 0 Å². The van der Waals surface area contributed by atoms with Gasteiger partial charge in [-0.3, -0.25) is 0 Å². The van der Waals surface area contributed by atoms with Crippen LogP contribution < -0.4 is 4.74 Å². The summed E-state index contributed by atoms with van der Waals surface area (Å²) in [6.07, 6.45) is 9.93. The lowest BCUT2D eigenvalue weighted by molar-refractivity contribution is 0.162. The summed E-state index contributed by atoms with van der Waals surface area (Å²) < 4.78 is 12.1. The smallest absolute Gasteiger partial charge is 0.175 e. The number of rotatable bonds is 10. The van der Waals surface area contributed by atoms with Crippen LogP contribution in [0.3, 0.4) is 0 Å². The molecule has 0 bridgehead atoms. The molecule has 0 radical (unpaired) electrons. The van der Waals surface area contributed by atoms with Crippen molar-refractivity contribution in [3.05, 3.63) is 23.4 Å². The number of benzene rings is 1. The summed E-state index contributed by atoms with van der Waals surface area (Å²) in [4.78, 5) is 4.82. The van der Waals surface area contributed by atoms with E-state index in [9.17, 15) is 0 Å². The lowest BCUT2D eigenvalue weighted by Crippen LogP contribution is -2.37. The molecule has 5 rings (SSSR count). The third-order valence-electron chi connectivity index (χ3n) is 7.69. The Morgan fingerprint density at radius 2 is 1.94 bits per heavy atom. The fraction of sp³-hybridized carbons (Fsp3) is 0.679. The number of fused-ring (bicyclic) bond motifs is 1. The molecule has 1 saturated heterocycles. The Bertz CT molecular complexity index is 1010.